The van der Waals surface area contributed by atoms with Crippen molar-refractivity contribution in [2.24, 2.45) is 5.92 Å². The molecule has 0 fully saturated rings. The van der Waals surface area contributed by atoms with Gasteiger partial charge < -0.3 is 16.0 Å². The molecular weight excluding hydrogens is 348 g/mol. The SMILES string of the molecule is CC(C)C1Nc2ccc(NC(=O)CCCCCCC(=O)NO)cc2NC1=O. The summed E-state index contributed by atoms with van der Waals surface area (Å²) in [4.78, 5) is 35.1. The molecule has 8 nitrogen and oxygen atoms in total. The molecule has 3 amide bonds. The normalized spacial score (nSPS) is 15.6. The van der Waals surface area contributed by atoms with E-state index in [1.54, 1.807) is 11.5 Å². The first-order valence-electron chi connectivity index (χ1n) is 9.35. The number of unbranched alkanes of at least 4 members (excludes halogenated alkanes) is 3. The van der Waals surface area contributed by atoms with Gasteiger partial charge in [0.1, 0.15) is 6.04 Å². The predicted octanol–water partition coefficient (Wildman–Crippen LogP) is 2.86. The average Bonchev–Trinajstić information content (AvgIpc) is 2.63. The number of amides is 3. The number of hydrogen-bond acceptors (Lipinski definition) is 5. The second kappa shape index (κ2) is 9.91. The molecule has 0 radical (unpaired) electrons. The summed E-state index contributed by atoms with van der Waals surface area (Å²) >= 11 is 0. The van der Waals surface area contributed by atoms with Gasteiger partial charge in [0.15, 0.2) is 0 Å². The smallest absolute Gasteiger partial charge is 0.247 e. The van der Waals surface area contributed by atoms with Crippen molar-refractivity contribution in [1.29, 1.82) is 0 Å². The minimum atomic E-state index is -0.388. The average molecular weight is 376 g/mol. The molecule has 0 saturated heterocycles. The first-order chi connectivity index (χ1) is 12.9. The van der Waals surface area contributed by atoms with Crippen molar-refractivity contribution in [1.82, 2.24) is 5.48 Å². The molecule has 0 saturated carbocycles. The maximum Gasteiger partial charge on any atom is 0.247 e. The standard InChI is InChI=1S/C19H28N4O4/c1-12(2)18-19(26)22-15-11-13(9-10-14(15)21-18)20-16(24)7-5-3-4-6-8-17(25)23-27/h9-12,18,21,27H,3-8H2,1-2H3,(H,20,24)(H,22,26)(H,23,25). The summed E-state index contributed by atoms with van der Waals surface area (Å²) in [6, 6.07) is 5.15. The third kappa shape index (κ3) is 6.25. The number of nitrogens with one attached hydrogen (secondary N) is 4. The van der Waals surface area contributed by atoms with Crippen LogP contribution in [0.5, 0.6) is 0 Å². The van der Waals surface area contributed by atoms with E-state index in [1.165, 1.54) is 0 Å². The summed E-state index contributed by atoms with van der Waals surface area (Å²) in [6.07, 6.45) is 3.76. The molecule has 148 valence electrons. The number of hydroxylamine groups is 1. The van der Waals surface area contributed by atoms with Crippen molar-refractivity contribution in [3.63, 3.8) is 0 Å². The van der Waals surface area contributed by atoms with E-state index in [-0.39, 0.29) is 36.1 Å². The van der Waals surface area contributed by atoms with Gasteiger partial charge in [-0.05, 0) is 37.0 Å². The summed E-state index contributed by atoms with van der Waals surface area (Å²) in [6.45, 7) is 3.97. The lowest BCUT2D eigenvalue weighted by Crippen LogP contribution is -2.42. The lowest BCUT2D eigenvalue weighted by molar-refractivity contribution is -0.129. The van der Waals surface area contributed by atoms with Crippen LogP contribution in [0.3, 0.4) is 0 Å². The number of carbonyl (C=O) groups is 3. The molecule has 1 aliphatic rings. The quantitative estimate of drug-likeness (QED) is 0.258. The number of rotatable bonds is 9. The topological polar surface area (TPSA) is 120 Å². The fourth-order valence-electron chi connectivity index (χ4n) is 2.97. The van der Waals surface area contributed by atoms with Gasteiger partial charge in [-0.3, -0.25) is 19.6 Å². The summed E-state index contributed by atoms with van der Waals surface area (Å²) in [5.74, 6) is -0.369. The summed E-state index contributed by atoms with van der Waals surface area (Å²) in [5.41, 5.74) is 3.75. The molecule has 1 aliphatic heterocycles. The van der Waals surface area contributed by atoms with Crippen molar-refractivity contribution in [3.05, 3.63) is 18.2 Å². The van der Waals surface area contributed by atoms with Gasteiger partial charge in [-0.15, -0.1) is 0 Å². The zero-order valence-electron chi connectivity index (χ0n) is 15.8. The van der Waals surface area contributed by atoms with E-state index < -0.39 is 0 Å². The molecule has 1 aromatic rings. The van der Waals surface area contributed by atoms with E-state index in [9.17, 15) is 14.4 Å². The first-order valence-corrected chi connectivity index (χ1v) is 9.35. The van der Waals surface area contributed by atoms with Crippen LogP contribution in [-0.4, -0.2) is 29.0 Å². The van der Waals surface area contributed by atoms with E-state index >= 15 is 0 Å². The lowest BCUT2D eigenvalue weighted by Gasteiger charge is -2.29. The van der Waals surface area contributed by atoms with Gasteiger partial charge in [0.05, 0.1) is 11.4 Å². The van der Waals surface area contributed by atoms with Gasteiger partial charge in [0.2, 0.25) is 17.7 Å². The van der Waals surface area contributed by atoms with Gasteiger partial charge in [0.25, 0.3) is 0 Å². The number of fused-ring (bicyclic) bond motifs is 1. The number of benzene rings is 1. The van der Waals surface area contributed by atoms with Crippen molar-refractivity contribution < 1.29 is 19.6 Å². The molecule has 0 spiro atoms. The van der Waals surface area contributed by atoms with Crippen LogP contribution in [0, 0.1) is 5.92 Å². The van der Waals surface area contributed by atoms with Crippen LogP contribution in [0.15, 0.2) is 18.2 Å². The Labute approximate surface area is 159 Å². The Morgan fingerprint density at radius 3 is 2.37 bits per heavy atom. The second-order valence-corrected chi connectivity index (χ2v) is 7.11. The highest BCUT2D eigenvalue weighted by molar-refractivity contribution is 6.04. The first kappa shape index (κ1) is 20.7. The second-order valence-electron chi connectivity index (χ2n) is 7.11. The van der Waals surface area contributed by atoms with Crippen molar-refractivity contribution in [2.75, 3.05) is 16.0 Å². The molecular formula is C19H28N4O4. The van der Waals surface area contributed by atoms with Crippen LogP contribution in [0.2, 0.25) is 0 Å². The van der Waals surface area contributed by atoms with Crippen molar-refractivity contribution >= 4 is 34.8 Å². The summed E-state index contributed by atoms with van der Waals surface area (Å²) in [5, 5.41) is 17.3. The minimum absolute atomic E-state index is 0.0733. The van der Waals surface area contributed by atoms with Crippen LogP contribution < -0.4 is 21.4 Å². The Bertz CT molecular complexity index is 690. The molecule has 1 unspecified atom stereocenters. The van der Waals surface area contributed by atoms with E-state index in [4.69, 9.17) is 5.21 Å². The number of carbonyl (C=O) groups excluding carboxylic acids is 3. The Kier molecular flexibility index (Phi) is 7.60. The molecule has 27 heavy (non-hydrogen) atoms. The third-order valence-corrected chi connectivity index (χ3v) is 4.50. The molecule has 1 aromatic carbocycles. The summed E-state index contributed by atoms with van der Waals surface area (Å²) < 4.78 is 0. The molecule has 1 atom stereocenters. The lowest BCUT2D eigenvalue weighted by atomic mass is 10.0. The molecule has 2 rings (SSSR count). The summed E-state index contributed by atoms with van der Waals surface area (Å²) in [7, 11) is 0. The molecule has 1 heterocycles. The highest BCUT2D eigenvalue weighted by Crippen LogP contribution is 2.31. The van der Waals surface area contributed by atoms with Gasteiger partial charge in [-0.1, -0.05) is 26.7 Å². The molecule has 0 aromatic heterocycles. The zero-order chi connectivity index (χ0) is 19.8. The van der Waals surface area contributed by atoms with E-state index in [0.717, 1.165) is 24.9 Å². The minimum Gasteiger partial charge on any atom is -0.372 e. The van der Waals surface area contributed by atoms with E-state index in [0.29, 0.717) is 24.2 Å². The van der Waals surface area contributed by atoms with Crippen LogP contribution in [-0.2, 0) is 14.4 Å². The monoisotopic (exact) mass is 376 g/mol. The van der Waals surface area contributed by atoms with Crippen LogP contribution in [0.25, 0.3) is 0 Å². The molecule has 8 heteroatoms. The van der Waals surface area contributed by atoms with Crippen molar-refractivity contribution in [2.45, 2.75) is 58.4 Å². The highest BCUT2D eigenvalue weighted by Gasteiger charge is 2.27. The van der Waals surface area contributed by atoms with Gasteiger partial charge >= 0.3 is 0 Å². The van der Waals surface area contributed by atoms with Gasteiger partial charge in [0, 0.05) is 18.5 Å². The Hall–Kier alpha value is -2.61. The van der Waals surface area contributed by atoms with E-state index in [2.05, 4.69) is 16.0 Å². The Morgan fingerprint density at radius 2 is 1.74 bits per heavy atom. The fraction of sp³-hybridized carbons (Fsp3) is 0.526. The van der Waals surface area contributed by atoms with Crippen LogP contribution in [0.1, 0.15) is 52.4 Å². The van der Waals surface area contributed by atoms with Gasteiger partial charge in [-0.25, -0.2) is 5.48 Å². The number of anilines is 3. The van der Waals surface area contributed by atoms with Crippen LogP contribution >= 0.6 is 0 Å². The molecule has 5 N–H and O–H groups in total. The maximum atomic E-state index is 12.1. The van der Waals surface area contributed by atoms with Crippen molar-refractivity contribution in [3.8, 4) is 0 Å². The largest absolute Gasteiger partial charge is 0.372 e. The maximum absolute atomic E-state index is 12.1. The van der Waals surface area contributed by atoms with Gasteiger partial charge in [-0.2, -0.15) is 0 Å². The van der Waals surface area contributed by atoms with E-state index in [1.807, 2.05) is 26.0 Å². The fourth-order valence-corrected chi connectivity index (χ4v) is 2.97. The Balaban J connectivity index is 1.76. The molecule has 0 bridgehead atoms. The zero-order valence-corrected chi connectivity index (χ0v) is 15.8. The third-order valence-electron chi connectivity index (χ3n) is 4.50. The van der Waals surface area contributed by atoms with Crippen LogP contribution in [0.4, 0.5) is 17.1 Å². The number of hydrogen-bond donors (Lipinski definition) is 5. The highest BCUT2D eigenvalue weighted by atomic mass is 16.5. The predicted molar refractivity (Wildman–Crippen MR) is 104 cm³/mol. The Morgan fingerprint density at radius 1 is 1.07 bits per heavy atom. The molecule has 0 aliphatic carbocycles.